The van der Waals surface area contributed by atoms with Crippen molar-refractivity contribution in [2.45, 2.75) is 0 Å². The molecule has 2 rings (SSSR count). The Kier molecular flexibility index (Phi) is 4.57. The van der Waals surface area contributed by atoms with Crippen molar-refractivity contribution in [1.82, 2.24) is 0 Å². The van der Waals surface area contributed by atoms with Gasteiger partial charge in [-0.25, -0.2) is 4.39 Å². The molecule has 0 aliphatic carbocycles. The number of benzene rings is 2. The van der Waals surface area contributed by atoms with E-state index in [2.05, 4.69) is 21.2 Å². The summed E-state index contributed by atoms with van der Waals surface area (Å²) >= 11 is 8.34. The molecule has 0 unspecified atom stereocenters. The van der Waals surface area contributed by atoms with Crippen LogP contribution in [0.25, 0.3) is 0 Å². The Morgan fingerprint density at radius 2 is 2.05 bits per heavy atom. The van der Waals surface area contributed by atoms with E-state index in [1.807, 2.05) is 12.1 Å². The first-order valence-electron chi connectivity index (χ1n) is 5.71. The lowest BCUT2D eigenvalue weighted by Crippen LogP contribution is -2.09. The summed E-state index contributed by atoms with van der Waals surface area (Å²) < 4.78 is 19.3. The van der Waals surface area contributed by atoms with Gasteiger partial charge in [0.15, 0.2) is 11.6 Å². The number of nitrogens with two attached hydrogens (primary N) is 1. The summed E-state index contributed by atoms with van der Waals surface area (Å²) in [5.41, 5.74) is 7.73. The smallest absolute Gasteiger partial charge is 0.167 e. The van der Waals surface area contributed by atoms with Gasteiger partial charge in [0.1, 0.15) is 4.99 Å². The number of anilines is 2. The van der Waals surface area contributed by atoms with Crippen LogP contribution in [0.3, 0.4) is 0 Å². The topological polar surface area (TPSA) is 47.3 Å². The van der Waals surface area contributed by atoms with Crippen molar-refractivity contribution in [3.8, 4) is 5.75 Å². The maximum Gasteiger partial charge on any atom is 0.167 e. The quantitative estimate of drug-likeness (QED) is 0.815. The number of halogens is 2. The minimum Gasteiger partial charge on any atom is -0.494 e. The van der Waals surface area contributed by atoms with Gasteiger partial charge in [-0.3, -0.25) is 0 Å². The molecule has 0 fully saturated rings. The molecule has 0 saturated heterocycles. The van der Waals surface area contributed by atoms with Crippen molar-refractivity contribution in [2.24, 2.45) is 5.73 Å². The summed E-state index contributed by atoms with van der Waals surface area (Å²) in [7, 11) is 1.43. The number of methoxy groups -OCH3 is 1. The van der Waals surface area contributed by atoms with Gasteiger partial charge in [0.2, 0.25) is 0 Å². The molecule has 0 saturated carbocycles. The lowest BCUT2D eigenvalue weighted by Gasteiger charge is -2.11. The molecule has 0 aliphatic heterocycles. The molecular formula is C14H12BrFN2OS. The maximum atomic E-state index is 13.6. The van der Waals surface area contributed by atoms with Crippen LogP contribution in [0.1, 0.15) is 5.56 Å². The van der Waals surface area contributed by atoms with Gasteiger partial charge in [0.25, 0.3) is 0 Å². The summed E-state index contributed by atoms with van der Waals surface area (Å²) in [4.78, 5) is 0.327. The van der Waals surface area contributed by atoms with Crippen LogP contribution in [0.2, 0.25) is 0 Å². The zero-order valence-electron chi connectivity index (χ0n) is 10.6. The fraction of sp³-hybridized carbons (Fsp3) is 0.0714. The van der Waals surface area contributed by atoms with Gasteiger partial charge in [-0.2, -0.15) is 0 Å². The molecule has 0 bridgehead atoms. The van der Waals surface area contributed by atoms with Gasteiger partial charge in [-0.05, 0) is 46.3 Å². The number of hydrogen-bond acceptors (Lipinski definition) is 3. The molecule has 0 atom stereocenters. The van der Waals surface area contributed by atoms with Gasteiger partial charge < -0.3 is 15.8 Å². The Labute approximate surface area is 130 Å². The highest BCUT2D eigenvalue weighted by Gasteiger charge is 2.06. The Balaban J connectivity index is 2.26. The lowest BCUT2D eigenvalue weighted by molar-refractivity contribution is 0.386. The first kappa shape index (κ1) is 14.7. The lowest BCUT2D eigenvalue weighted by atomic mass is 10.2. The standard InChI is InChI=1S/C14H12BrFN2OS/c1-19-13-5-3-9(7-11(13)16)18-12-4-2-8(14(17)20)6-10(12)15/h2-7,18H,1H3,(H2,17,20). The molecule has 0 spiro atoms. The van der Waals surface area contributed by atoms with Crippen LogP contribution >= 0.6 is 28.1 Å². The summed E-state index contributed by atoms with van der Waals surface area (Å²) in [5.74, 6) is -0.216. The van der Waals surface area contributed by atoms with Crippen molar-refractivity contribution in [1.29, 1.82) is 0 Å². The molecule has 3 nitrogen and oxygen atoms in total. The minimum atomic E-state index is -0.423. The summed E-state index contributed by atoms with van der Waals surface area (Å²) in [6, 6.07) is 10.1. The largest absolute Gasteiger partial charge is 0.494 e. The zero-order valence-corrected chi connectivity index (χ0v) is 13.0. The summed E-state index contributed by atoms with van der Waals surface area (Å²) in [6.07, 6.45) is 0. The minimum absolute atomic E-state index is 0.207. The Morgan fingerprint density at radius 1 is 1.30 bits per heavy atom. The molecule has 0 radical (unpaired) electrons. The predicted octanol–water partition coefficient (Wildman–Crippen LogP) is 3.97. The molecule has 2 aromatic rings. The van der Waals surface area contributed by atoms with Crippen LogP contribution in [-0.4, -0.2) is 12.1 Å². The SMILES string of the molecule is COc1ccc(Nc2ccc(C(N)=S)cc2Br)cc1F. The molecule has 104 valence electrons. The third kappa shape index (κ3) is 3.26. The highest BCUT2D eigenvalue weighted by atomic mass is 79.9. The molecular weight excluding hydrogens is 343 g/mol. The third-order valence-electron chi connectivity index (χ3n) is 2.68. The highest BCUT2D eigenvalue weighted by Crippen LogP contribution is 2.29. The van der Waals surface area contributed by atoms with Gasteiger partial charge >= 0.3 is 0 Å². The molecule has 2 aromatic carbocycles. The third-order valence-corrected chi connectivity index (χ3v) is 3.58. The van der Waals surface area contributed by atoms with Crippen LogP contribution in [0.5, 0.6) is 5.75 Å². The van der Waals surface area contributed by atoms with Crippen molar-refractivity contribution in [2.75, 3.05) is 12.4 Å². The van der Waals surface area contributed by atoms with E-state index < -0.39 is 5.82 Å². The van der Waals surface area contributed by atoms with E-state index in [0.717, 1.165) is 15.7 Å². The van der Waals surface area contributed by atoms with E-state index in [0.29, 0.717) is 10.7 Å². The van der Waals surface area contributed by atoms with Gasteiger partial charge in [-0.1, -0.05) is 12.2 Å². The Morgan fingerprint density at radius 3 is 2.60 bits per heavy atom. The van der Waals surface area contributed by atoms with Gasteiger partial charge in [0, 0.05) is 21.8 Å². The van der Waals surface area contributed by atoms with Crippen molar-refractivity contribution in [3.05, 3.63) is 52.3 Å². The van der Waals surface area contributed by atoms with E-state index in [9.17, 15) is 4.39 Å². The molecule has 0 aliphatic rings. The average molecular weight is 355 g/mol. The second-order valence-electron chi connectivity index (χ2n) is 4.03. The second-order valence-corrected chi connectivity index (χ2v) is 5.33. The Hall–Kier alpha value is -1.66. The monoisotopic (exact) mass is 354 g/mol. The van der Waals surface area contributed by atoms with Crippen molar-refractivity contribution >= 4 is 44.5 Å². The normalized spacial score (nSPS) is 10.2. The molecule has 0 heterocycles. The number of hydrogen-bond donors (Lipinski definition) is 2. The van der Waals surface area contributed by atoms with E-state index in [4.69, 9.17) is 22.7 Å². The fourth-order valence-electron chi connectivity index (χ4n) is 1.67. The number of nitrogens with one attached hydrogen (secondary N) is 1. The van der Waals surface area contributed by atoms with Crippen LogP contribution in [0.15, 0.2) is 40.9 Å². The number of ether oxygens (including phenoxy) is 1. The molecule has 0 amide bonds. The van der Waals surface area contributed by atoms with Crippen LogP contribution in [0, 0.1) is 5.82 Å². The number of rotatable bonds is 4. The molecule has 3 N–H and O–H groups in total. The van der Waals surface area contributed by atoms with Crippen LogP contribution < -0.4 is 15.8 Å². The molecule has 0 aromatic heterocycles. The van der Waals surface area contributed by atoms with Crippen molar-refractivity contribution in [3.63, 3.8) is 0 Å². The Bertz CT molecular complexity index is 664. The van der Waals surface area contributed by atoms with Crippen molar-refractivity contribution < 1.29 is 9.13 Å². The first-order chi connectivity index (χ1) is 9.51. The summed E-state index contributed by atoms with van der Waals surface area (Å²) in [6.45, 7) is 0. The molecule has 20 heavy (non-hydrogen) atoms. The van der Waals surface area contributed by atoms with Gasteiger partial charge in [0.05, 0.1) is 12.8 Å². The van der Waals surface area contributed by atoms with Gasteiger partial charge in [-0.15, -0.1) is 0 Å². The summed E-state index contributed by atoms with van der Waals surface area (Å²) in [5, 5.41) is 3.10. The first-order valence-corrected chi connectivity index (χ1v) is 6.91. The van der Waals surface area contributed by atoms with Crippen LogP contribution in [0.4, 0.5) is 15.8 Å². The van der Waals surface area contributed by atoms with E-state index >= 15 is 0 Å². The zero-order chi connectivity index (χ0) is 14.7. The van der Waals surface area contributed by atoms with E-state index in [-0.39, 0.29) is 5.75 Å². The van der Waals surface area contributed by atoms with E-state index in [1.54, 1.807) is 18.2 Å². The number of thiocarbonyl (C=S) groups is 1. The second kappa shape index (κ2) is 6.19. The molecule has 6 heteroatoms. The van der Waals surface area contributed by atoms with Crippen LogP contribution in [-0.2, 0) is 0 Å². The fourth-order valence-corrected chi connectivity index (χ4v) is 2.27. The highest BCUT2D eigenvalue weighted by molar-refractivity contribution is 9.10. The maximum absolute atomic E-state index is 13.6. The average Bonchev–Trinajstić information content (AvgIpc) is 2.41. The predicted molar refractivity (Wildman–Crippen MR) is 86.3 cm³/mol. The van der Waals surface area contributed by atoms with E-state index in [1.165, 1.54) is 13.2 Å².